The van der Waals surface area contributed by atoms with E-state index in [4.69, 9.17) is 4.74 Å². The van der Waals surface area contributed by atoms with E-state index in [1.807, 2.05) is 32.2 Å². The van der Waals surface area contributed by atoms with Gasteiger partial charge in [0, 0.05) is 32.6 Å². The van der Waals surface area contributed by atoms with Gasteiger partial charge in [0.1, 0.15) is 11.7 Å². The average molecular weight is 315 g/mol. The minimum Gasteiger partial charge on any atom is -0.373 e. The van der Waals surface area contributed by atoms with E-state index in [2.05, 4.69) is 15.3 Å². The van der Waals surface area contributed by atoms with Gasteiger partial charge in [-0.1, -0.05) is 11.3 Å². The van der Waals surface area contributed by atoms with Crippen molar-refractivity contribution < 1.29 is 9.53 Å². The van der Waals surface area contributed by atoms with Crippen molar-refractivity contribution >= 4 is 5.91 Å². The van der Waals surface area contributed by atoms with Crippen LogP contribution in [0.4, 0.5) is 0 Å². The molecule has 0 saturated heterocycles. The molecule has 0 aromatic carbocycles. The molecule has 0 spiro atoms. The van der Waals surface area contributed by atoms with Crippen LogP contribution >= 0.6 is 0 Å². The van der Waals surface area contributed by atoms with E-state index in [0.717, 1.165) is 29.2 Å². The number of fused-ring (bicyclic) bond motifs is 1. The summed E-state index contributed by atoms with van der Waals surface area (Å²) in [4.78, 5) is 18.1. The molecule has 7 heteroatoms. The molecule has 122 valence electrons. The summed E-state index contributed by atoms with van der Waals surface area (Å²) >= 11 is 0. The molecule has 1 amide bonds. The molecule has 0 N–H and O–H groups in total. The average Bonchev–Trinajstić information content (AvgIpc) is 2.89. The fraction of sp³-hybridized carbons (Fsp3) is 0.500. The number of amides is 1. The lowest BCUT2D eigenvalue weighted by atomic mass is 10.0. The molecule has 1 unspecified atom stereocenters. The van der Waals surface area contributed by atoms with Crippen LogP contribution in [0.25, 0.3) is 0 Å². The normalized spacial score (nSPS) is 17.2. The molecule has 0 aliphatic carbocycles. The molecule has 0 saturated carbocycles. The summed E-state index contributed by atoms with van der Waals surface area (Å²) in [5.41, 5.74) is 3.76. The molecule has 7 nitrogen and oxygen atoms in total. The number of carbonyl (C=O) groups excluding carboxylic acids is 1. The van der Waals surface area contributed by atoms with Crippen LogP contribution in [-0.4, -0.2) is 43.9 Å². The SMILES string of the molecule is CC(=O)N1CCc2c(nnn2C)C1COCc1cccc(C)n1. The molecular formula is C16H21N5O2. The van der Waals surface area contributed by atoms with Crippen LogP contribution in [0.3, 0.4) is 0 Å². The van der Waals surface area contributed by atoms with Gasteiger partial charge in [0.05, 0.1) is 24.6 Å². The number of carbonyl (C=O) groups is 1. The Bertz CT molecular complexity index is 712. The van der Waals surface area contributed by atoms with Crippen molar-refractivity contribution in [1.82, 2.24) is 24.9 Å². The number of rotatable bonds is 4. The van der Waals surface area contributed by atoms with Crippen molar-refractivity contribution in [2.45, 2.75) is 32.9 Å². The summed E-state index contributed by atoms with van der Waals surface area (Å²) in [5.74, 6) is 0.0311. The minimum atomic E-state index is -0.185. The standard InChI is InChI=1S/C16H21N5O2/c1-11-5-4-6-13(17-11)9-23-10-15-16-14(20(3)19-18-16)7-8-21(15)12(2)22/h4-6,15H,7-10H2,1-3H3. The van der Waals surface area contributed by atoms with Crippen molar-refractivity contribution in [1.29, 1.82) is 0 Å². The van der Waals surface area contributed by atoms with Crippen LogP contribution in [0, 0.1) is 6.92 Å². The second-order valence-corrected chi connectivity index (χ2v) is 5.81. The smallest absolute Gasteiger partial charge is 0.220 e. The number of ether oxygens (including phenoxy) is 1. The zero-order chi connectivity index (χ0) is 16.4. The van der Waals surface area contributed by atoms with E-state index in [1.165, 1.54) is 0 Å². The van der Waals surface area contributed by atoms with Gasteiger partial charge in [-0.15, -0.1) is 5.10 Å². The molecule has 3 heterocycles. The Hall–Kier alpha value is -2.28. The van der Waals surface area contributed by atoms with E-state index in [9.17, 15) is 4.79 Å². The van der Waals surface area contributed by atoms with Crippen molar-refractivity contribution in [3.63, 3.8) is 0 Å². The Labute approximate surface area is 135 Å². The van der Waals surface area contributed by atoms with Crippen molar-refractivity contribution in [3.8, 4) is 0 Å². The number of nitrogens with zero attached hydrogens (tertiary/aromatic N) is 5. The summed E-state index contributed by atoms with van der Waals surface area (Å²) < 4.78 is 7.61. The Morgan fingerprint density at radius 1 is 1.43 bits per heavy atom. The molecule has 2 aromatic heterocycles. The van der Waals surface area contributed by atoms with Crippen molar-refractivity contribution in [3.05, 3.63) is 41.0 Å². The third kappa shape index (κ3) is 3.24. The molecule has 3 rings (SSSR count). The Kier molecular flexibility index (Phi) is 4.38. The predicted molar refractivity (Wildman–Crippen MR) is 83.5 cm³/mol. The molecular weight excluding hydrogens is 294 g/mol. The van der Waals surface area contributed by atoms with E-state index >= 15 is 0 Å². The first-order valence-electron chi connectivity index (χ1n) is 7.72. The first-order valence-corrected chi connectivity index (χ1v) is 7.72. The van der Waals surface area contributed by atoms with E-state index < -0.39 is 0 Å². The summed E-state index contributed by atoms with van der Waals surface area (Å²) in [6, 6.07) is 5.66. The zero-order valence-electron chi connectivity index (χ0n) is 13.7. The van der Waals surface area contributed by atoms with Gasteiger partial charge in [-0.2, -0.15) is 0 Å². The predicted octanol–water partition coefficient (Wildman–Crippen LogP) is 1.18. The van der Waals surface area contributed by atoms with Crippen LogP contribution in [0.1, 0.15) is 35.7 Å². The highest BCUT2D eigenvalue weighted by Gasteiger charge is 2.33. The quantitative estimate of drug-likeness (QED) is 0.847. The first kappa shape index (κ1) is 15.6. The van der Waals surface area contributed by atoms with E-state index in [-0.39, 0.29) is 11.9 Å². The number of pyridine rings is 1. The summed E-state index contributed by atoms with van der Waals surface area (Å²) in [5, 5.41) is 8.31. The largest absolute Gasteiger partial charge is 0.373 e. The highest BCUT2D eigenvalue weighted by molar-refractivity contribution is 5.74. The lowest BCUT2D eigenvalue weighted by Gasteiger charge is -2.33. The third-order valence-corrected chi connectivity index (χ3v) is 4.13. The van der Waals surface area contributed by atoms with Crippen LogP contribution in [-0.2, 0) is 29.6 Å². The number of aryl methyl sites for hydroxylation is 2. The monoisotopic (exact) mass is 315 g/mol. The highest BCUT2D eigenvalue weighted by atomic mass is 16.5. The lowest BCUT2D eigenvalue weighted by Crippen LogP contribution is -2.41. The number of hydrogen-bond donors (Lipinski definition) is 0. The van der Waals surface area contributed by atoms with Gasteiger partial charge in [-0.25, -0.2) is 0 Å². The Morgan fingerprint density at radius 3 is 3.00 bits per heavy atom. The van der Waals surface area contributed by atoms with Gasteiger partial charge in [-0.3, -0.25) is 14.5 Å². The summed E-state index contributed by atoms with van der Waals surface area (Å²) in [7, 11) is 1.88. The van der Waals surface area contributed by atoms with Gasteiger partial charge in [0.15, 0.2) is 0 Å². The molecule has 0 bridgehead atoms. The molecule has 1 atom stereocenters. The molecule has 0 radical (unpaired) electrons. The maximum absolute atomic E-state index is 11.9. The fourth-order valence-electron chi connectivity index (χ4n) is 2.97. The summed E-state index contributed by atoms with van der Waals surface area (Å²) in [6.45, 7) is 5.01. The second kappa shape index (κ2) is 6.45. The lowest BCUT2D eigenvalue weighted by molar-refractivity contribution is -0.133. The second-order valence-electron chi connectivity index (χ2n) is 5.81. The third-order valence-electron chi connectivity index (χ3n) is 4.13. The van der Waals surface area contributed by atoms with Crippen LogP contribution < -0.4 is 0 Å². The van der Waals surface area contributed by atoms with Crippen molar-refractivity contribution in [2.24, 2.45) is 7.05 Å². The Balaban J connectivity index is 1.72. The van der Waals surface area contributed by atoms with E-state index in [0.29, 0.717) is 19.8 Å². The van der Waals surface area contributed by atoms with Gasteiger partial charge < -0.3 is 9.64 Å². The maximum Gasteiger partial charge on any atom is 0.220 e. The zero-order valence-corrected chi connectivity index (χ0v) is 13.7. The fourth-order valence-corrected chi connectivity index (χ4v) is 2.97. The van der Waals surface area contributed by atoms with Gasteiger partial charge in [0.25, 0.3) is 0 Å². The van der Waals surface area contributed by atoms with Crippen LogP contribution in [0.15, 0.2) is 18.2 Å². The van der Waals surface area contributed by atoms with Gasteiger partial charge in [0.2, 0.25) is 5.91 Å². The minimum absolute atomic E-state index is 0.0311. The molecule has 23 heavy (non-hydrogen) atoms. The van der Waals surface area contributed by atoms with Gasteiger partial charge in [-0.05, 0) is 19.1 Å². The molecule has 2 aromatic rings. The Morgan fingerprint density at radius 2 is 2.26 bits per heavy atom. The van der Waals surface area contributed by atoms with Crippen LogP contribution in [0.5, 0.6) is 0 Å². The highest BCUT2D eigenvalue weighted by Crippen LogP contribution is 2.28. The molecule has 1 aliphatic heterocycles. The molecule has 0 fully saturated rings. The van der Waals surface area contributed by atoms with Crippen molar-refractivity contribution in [2.75, 3.05) is 13.2 Å². The van der Waals surface area contributed by atoms with Crippen LogP contribution in [0.2, 0.25) is 0 Å². The topological polar surface area (TPSA) is 73.1 Å². The molecule has 1 aliphatic rings. The number of hydrogen-bond acceptors (Lipinski definition) is 5. The maximum atomic E-state index is 11.9. The van der Waals surface area contributed by atoms with E-state index in [1.54, 1.807) is 16.5 Å². The number of aromatic nitrogens is 4. The summed E-state index contributed by atoms with van der Waals surface area (Å²) in [6.07, 6.45) is 0.772. The van der Waals surface area contributed by atoms with Gasteiger partial charge >= 0.3 is 0 Å². The first-order chi connectivity index (χ1) is 11.1.